The third-order valence-corrected chi connectivity index (χ3v) is 11.0. The van der Waals surface area contributed by atoms with E-state index in [2.05, 4.69) is 47.8 Å². The summed E-state index contributed by atoms with van der Waals surface area (Å²) >= 11 is 10.3. The Kier molecular flexibility index (Phi) is 7.33. The maximum atomic E-state index is 14.3. The molecule has 3 aromatic carbocycles. The van der Waals surface area contributed by atoms with E-state index >= 15 is 0 Å². The van der Waals surface area contributed by atoms with Gasteiger partial charge in [0, 0.05) is 24.9 Å². The molecular weight excluding hydrogens is 760 g/mol. The van der Waals surface area contributed by atoms with Crippen LogP contribution in [0, 0.1) is 29.6 Å². The summed E-state index contributed by atoms with van der Waals surface area (Å²) in [6.07, 6.45) is 2.51. The molecule has 4 amide bonds. The Morgan fingerprint density at radius 2 is 1.25 bits per heavy atom. The summed E-state index contributed by atoms with van der Waals surface area (Å²) in [4.78, 5) is 58.7. The van der Waals surface area contributed by atoms with Gasteiger partial charge in [-0.25, -0.2) is 0 Å². The highest BCUT2D eigenvalue weighted by Gasteiger charge is 2.62. The number of phenols is 1. The number of benzene rings is 3. The van der Waals surface area contributed by atoms with E-state index < -0.39 is 35.5 Å². The summed E-state index contributed by atoms with van der Waals surface area (Å²) < 4.78 is 7.72. The number of halogens is 3. The molecule has 1 saturated carbocycles. The van der Waals surface area contributed by atoms with Gasteiger partial charge in [0.25, 0.3) is 0 Å². The van der Waals surface area contributed by atoms with Gasteiger partial charge in [-0.2, -0.15) is 0 Å². The molecule has 0 aromatic heterocycles. The fourth-order valence-electron chi connectivity index (χ4n) is 7.61. The summed E-state index contributed by atoms with van der Waals surface area (Å²) in [7, 11) is 1.45. The number of aromatic hydroxyl groups is 1. The van der Waals surface area contributed by atoms with Crippen molar-refractivity contribution < 1.29 is 29.0 Å². The Morgan fingerprint density at radius 3 is 1.82 bits per heavy atom. The Balaban J connectivity index is 1.37. The van der Waals surface area contributed by atoms with E-state index in [9.17, 15) is 24.3 Å². The number of hydrogen-bond acceptors (Lipinski definition) is 6. The van der Waals surface area contributed by atoms with Crippen LogP contribution in [0.25, 0.3) is 0 Å². The second kappa shape index (κ2) is 11.0. The monoisotopic (exact) mass is 782 g/mol. The van der Waals surface area contributed by atoms with Gasteiger partial charge in [0.1, 0.15) is 0 Å². The number of rotatable bonds is 4. The Morgan fingerprint density at radius 1 is 0.705 bits per heavy atom. The fourth-order valence-corrected chi connectivity index (χ4v) is 8.60. The van der Waals surface area contributed by atoms with Crippen molar-refractivity contribution in [3.8, 4) is 11.5 Å². The van der Waals surface area contributed by atoms with Gasteiger partial charge in [-0.1, -0.05) is 59.4 Å². The molecule has 6 atom stereocenters. The van der Waals surface area contributed by atoms with Gasteiger partial charge >= 0.3 is 0 Å². The zero-order chi connectivity index (χ0) is 31.0. The highest BCUT2D eigenvalue weighted by atomic mass is 79.9. The van der Waals surface area contributed by atoms with E-state index in [0.717, 1.165) is 14.5 Å². The summed E-state index contributed by atoms with van der Waals surface area (Å²) in [5, 5.41) is 11.4. The van der Waals surface area contributed by atoms with Crippen molar-refractivity contribution in [2.75, 3.05) is 16.9 Å². The lowest BCUT2D eigenvalue weighted by Crippen LogP contribution is -2.43. The molecule has 2 saturated heterocycles. The molecule has 44 heavy (non-hydrogen) atoms. The molecule has 3 fully saturated rings. The first-order chi connectivity index (χ1) is 21.1. The summed E-state index contributed by atoms with van der Waals surface area (Å²) in [6.45, 7) is 0. The molecule has 8 nitrogen and oxygen atoms in total. The van der Waals surface area contributed by atoms with Gasteiger partial charge in [0.05, 0.1) is 42.2 Å². The van der Waals surface area contributed by atoms with E-state index in [4.69, 9.17) is 4.74 Å². The normalized spacial score (nSPS) is 27.7. The smallest absolute Gasteiger partial charge is 0.238 e. The SMILES string of the molecule is COc1cc(Br)cc(C2C3=CCC4C(=O)N(c5ccc(Br)cc5)C(=O)C4C3CC3C(=O)N(c4ccc(Br)cc4)C(=O)C32)c1O. The van der Waals surface area contributed by atoms with Crippen molar-refractivity contribution in [2.24, 2.45) is 29.6 Å². The number of amides is 4. The van der Waals surface area contributed by atoms with E-state index in [1.807, 2.05) is 6.08 Å². The largest absolute Gasteiger partial charge is 0.504 e. The number of fused-ring (bicyclic) bond motifs is 4. The van der Waals surface area contributed by atoms with Gasteiger partial charge in [0.15, 0.2) is 11.5 Å². The topological polar surface area (TPSA) is 104 Å². The number of anilines is 2. The standard InChI is InChI=1S/C33H25Br3N2O6/c1-44-25-13-17(36)12-23(29(25)39)26-20-10-11-21-27(32(42)37(30(21)40)18-6-2-15(34)3-7-18)22(20)14-24-28(26)33(43)38(31(24)41)19-8-4-16(35)5-9-19/h2-10,12-13,21-22,24,26-28,39H,11,14H2,1H3. The van der Waals surface area contributed by atoms with Crippen molar-refractivity contribution in [1.29, 1.82) is 0 Å². The minimum absolute atomic E-state index is 0.129. The van der Waals surface area contributed by atoms with Crippen LogP contribution in [0.5, 0.6) is 11.5 Å². The summed E-state index contributed by atoms with van der Waals surface area (Å²) in [5.74, 6) is -5.26. The van der Waals surface area contributed by atoms with E-state index in [-0.39, 0.29) is 41.5 Å². The van der Waals surface area contributed by atoms with Gasteiger partial charge < -0.3 is 9.84 Å². The molecule has 0 spiro atoms. The third-order valence-electron chi connectivity index (χ3n) is 9.44. The van der Waals surface area contributed by atoms with Crippen LogP contribution in [0.4, 0.5) is 11.4 Å². The maximum absolute atomic E-state index is 14.3. The van der Waals surface area contributed by atoms with Crippen LogP contribution in [0.3, 0.4) is 0 Å². The fraction of sp³-hybridized carbons (Fsp3) is 0.273. The van der Waals surface area contributed by atoms with E-state index in [0.29, 0.717) is 27.8 Å². The van der Waals surface area contributed by atoms with Crippen molar-refractivity contribution in [3.63, 3.8) is 0 Å². The molecule has 1 N–H and O–H groups in total. The second-order valence-electron chi connectivity index (χ2n) is 11.5. The molecule has 6 unspecified atom stereocenters. The number of imide groups is 2. The lowest BCUT2D eigenvalue weighted by Gasteiger charge is -2.44. The number of carbonyl (C=O) groups is 4. The average molecular weight is 785 g/mol. The highest BCUT2D eigenvalue weighted by Crippen LogP contribution is 2.60. The van der Waals surface area contributed by atoms with E-state index in [1.54, 1.807) is 60.7 Å². The third kappa shape index (κ3) is 4.41. The molecule has 2 aliphatic carbocycles. The molecule has 11 heteroatoms. The zero-order valence-corrected chi connectivity index (χ0v) is 28.0. The van der Waals surface area contributed by atoms with Crippen LogP contribution in [0.1, 0.15) is 24.3 Å². The number of phenolic OH excluding ortho intramolecular Hbond substituents is 1. The predicted molar refractivity (Wildman–Crippen MR) is 173 cm³/mol. The van der Waals surface area contributed by atoms with Crippen LogP contribution in [0.2, 0.25) is 0 Å². The molecule has 2 aliphatic heterocycles. The number of ether oxygens (including phenoxy) is 1. The molecular formula is C33H25Br3N2O6. The first-order valence-electron chi connectivity index (χ1n) is 14.1. The Bertz CT molecular complexity index is 1770. The van der Waals surface area contributed by atoms with Crippen LogP contribution in [-0.2, 0) is 19.2 Å². The number of hydrogen-bond donors (Lipinski definition) is 1. The second-order valence-corrected chi connectivity index (χ2v) is 14.3. The zero-order valence-electron chi connectivity index (χ0n) is 23.2. The van der Waals surface area contributed by atoms with Gasteiger partial charge in [-0.15, -0.1) is 0 Å². The number of allylic oxidation sites excluding steroid dienone is 2. The van der Waals surface area contributed by atoms with Crippen LogP contribution >= 0.6 is 47.8 Å². The number of carbonyl (C=O) groups excluding carboxylic acids is 4. The van der Waals surface area contributed by atoms with Crippen molar-refractivity contribution in [3.05, 3.63) is 91.3 Å². The predicted octanol–water partition coefficient (Wildman–Crippen LogP) is 6.73. The summed E-state index contributed by atoms with van der Waals surface area (Å²) in [6, 6.07) is 17.4. The van der Waals surface area contributed by atoms with Gasteiger partial charge in [-0.05, 0) is 79.4 Å². The van der Waals surface area contributed by atoms with E-state index in [1.165, 1.54) is 16.9 Å². The first-order valence-corrected chi connectivity index (χ1v) is 16.5. The van der Waals surface area contributed by atoms with Crippen molar-refractivity contribution >= 4 is 82.8 Å². The molecule has 3 aromatic rings. The average Bonchev–Trinajstić information content (AvgIpc) is 3.42. The van der Waals surface area contributed by atoms with Gasteiger partial charge in [-0.3, -0.25) is 29.0 Å². The lowest BCUT2D eigenvalue weighted by molar-refractivity contribution is -0.126. The van der Waals surface area contributed by atoms with Crippen molar-refractivity contribution in [1.82, 2.24) is 0 Å². The molecule has 0 radical (unpaired) electrons. The Hall–Kier alpha value is -3.28. The Labute approximate surface area is 278 Å². The molecule has 224 valence electrons. The number of methoxy groups -OCH3 is 1. The van der Waals surface area contributed by atoms with Crippen LogP contribution in [0.15, 0.2) is 85.7 Å². The van der Waals surface area contributed by atoms with Crippen molar-refractivity contribution in [2.45, 2.75) is 18.8 Å². The minimum atomic E-state index is -0.815. The van der Waals surface area contributed by atoms with Gasteiger partial charge in [0.2, 0.25) is 23.6 Å². The lowest BCUT2D eigenvalue weighted by atomic mass is 9.57. The first kappa shape index (κ1) is 29.4. The summed E-state index contributed by atoms with van der Waals surface area (Å²) in [5.41, 5.74) is 2.17. The molecule has 2 heterocycles. The van der Waals surface area contributed by atoms with Crippen LogP contribution in [-0.4, -0.2) is 35.8 Å². The highest BCUT2D eigenvalue weighted by molar-refractivity contribution is 9.11. The van der Waals surface area contributed by atoms with Crippen LogP contribution < -0.4 is 14.5 Å². The quantitative estimate of drug-likeness (QED) is 0.233. The molecule has 7 rings (SSSR count). The number of nitrogens with zero attached hydrogens (tertiary/aromatic N) is 2. The maximum Gasteiger partial charge on any atom is 0.238 e. The minimum Gasteiger partial charge on any atom is -0.504 e. The molecule has 4 aliphatic rings. The molecule has 0 bridgehead atoms.